The highest BCUT2D eigenvalue weighted by Crippen LogP contribution is 2.11. The van der Waals surface area contributed by atoms with Crippen LogP contribution in [0.25, 0.3) is 0 Å². The van der Waals surface area contributed by atoms with Gasteiger partial charge in [0.1, 0.15) is 12.6 Å². The smallest absolute Gasteiger partial charge is 0.335 e. The molecule has 0 spiro atoms. The molecular weight excluding hydrogens is 376 g/mol. The molecule has 2 aromatic carbocycles. The van der Waals surface area contributed by atoms with E-state index < -0.39 is 5.97 Å². The number of hydroxylamine groups is 1. The molecular formula is C25H27N2O3+. The topological polar surface area (TPSA) is 59.3 Å². The molecule has 0 unspecified atom stereocenters. The van der Waals surface area contributed by atoms with Crippen molar-refractivity contribution < 1.29 is 19.0 Å². The van der Waals surface area contributed by atoms with Gasteiger partial charge in [0.25, 0.3) is 5.91 Å². The van der Waals surface area contributed by atoms with Crippen LogP contribution in [0.3, 0.4) is 0 Å². The quantitative estimate of drug-likeness (QED) is 0.356. The van der Waals surface area contributed by atoms with E-state index >= 15 is 0 Å². The molecule has 3 aromatic rings. The minimum atomic E-state index is -0.592. The fourth-order valence-electron chi connectivity index (χ4n) is 3.22. The Morgan fingerprint density at radius 3 is 2.13 bits per heavy atom. The fourth-order valence-corrected chi connectivity index (χ4v) is 3.22. The van der Waals surface area contributed by atoms with Gasteiger partial charge in [0, 0.05) is 6.07 Å². The van der Waals surface area contributed by atoms with Crippen LogP contribution in [0.2, 0.25) is 0 Å². The number of amides is 1. The maximum Gasteiger partial charge on any atom is 0.368 e. The number of carbonyl (C=O) groups excluding carboxylic acids is 2. The second-order valence-electron chi connectivity index (χ2n) is 7.36. The number of nitrogens with one attached hydrogen (secondary N) is 1. The van der Waals surface area contributed by atoms with Gasteiger partial charge in [-0.2, -0.15) is 5.48 Å². The molecule has 3 rings (SSSR count). The van der Waals surface area contributed by atoms with Crippen LogP contribution in [0.15, 0.2) is 79.1 Å². The average molecular weight is 404 g/mol. The minimum Gasteiger partial charge on any atom is -0.335 e. The summed E-state index contributed by atoms with van der Waals surface area (Å²) < 4.78 is 1.74. The number of nitrogens with zero attached hydrogens (tertiary/aromatic N) is 1. The number of aromatic nitrogens is 1. The lowest BCUT2D eigenvalue weighted by Crippen LogP contribution is -2.31. The third kappa shape index (κ3) is 6.85. The molecule has 1 heterocycles. The first-order valence-electron chi connectivity index (χ1n) is 10.2. The van der Waals surface area contributed by atoms with Crippen LogP contribution >= 0.6 is 0 Å². The minimum absolute atomic E-state index is 0.157. The Hall–Kier alpha value is -3.47. The van der Waals surface area contributed by atoms with E-state index in [4.69, 9.17) is 4.84 Å². The molecule has 0 aliphatic rings. The highest BCUT2D eigenvalue weighted by atomic mass is 16.7. The van der Waals surface area contributed by atoms with Crippen LogP contribution < -0.4 is 10.0 Å². The van der Waals surface area contributed by atoms with E-state index in [0.717, 1.165) is 31.2 Å². The van der Waals surface area contributed by atoms with Crippen molar-refractivity contribution in [3.63, 3.8) is 0 Å². The lowest BCUT2D eigenvalue weighted by atomic mass is 10.0. The second-order valence-corrected chi connectivity index (χ2v) is 7.36. The molecule has 0 aliphatic carbocycles. The molecule has 30 heavy (non-hydrogen) atoms. The number of hydrogen-bond donors (Lipinski definition) is 1. The first-order chi connectivity index (χ1) is 14.6. The molecule has 1 aromatic heterocycles. The van der Waals surface area contributed by atoms with E-state index in [1.54, 1.807) is 22.9 Å². The third-order valence-corrected chi connectivity index (χ3v) is 4.84. The molecule has 0 fully saturated rings. The molecule has 1 N–H and O–H groups in total. The maximum absolute atomic E-state index is 12.1. The summed E-state index contributed by atoms with van der Waals surface area (Å²) >= 11 is 0. The number of unbranched alkanes of at least 4 members (excludes halogenated alkanes) is 1. The van der Waals surface area contributed by atoms with Gasteiger partial charge < -0.3 is 4.84 Å². The van der Waals surface area contributed by atoms with Crippen molar-refractivity contribution in [2.24, 2.45) is 7.05 Å². The SMILES string of the molecule is C[n+]1cccc(C(=O)ONC(=O)Cc2ccc(CCCCc3ccccc3)cc2)c1. The van der Waals surface area contributed by atoms with Crippen LogP contribution in [0.4, 0.5) is 0 Å². The fraction of sp³-hybridized carbons (Fsp3) is 0.240. The van der Waals surface area contributed by atoms with Gasteiger partial charge >= 0.3 is 5.97 Å². The first kappa shape index (κ1) is 21.2. The summed E-state index contributed by atoms with van der Waals surface area (Å²) in [6, 6.07) is 21.9. The predicted octanol–water partition coefficient (Wildman–Crippen LogP) is 3.51. The van der Waals surface area contributed by atoms with Crippen molar-refractivity contribution in [1.82, 2.24) is 5.48 Å². The van der Waals surface area contributed by atoms with Crippen LogP contribution in [-0.4, -0.2) is 11.9 Å². The van der Waals surface area contributed by atoms with Crippen LogP contribution in [0, 0.1) is 0 Å². The Bertz CT molecular complexity index is 969. The van der Waals surface area contributed by atoms with E-state index in [2.05, 4.69) is 41.9 Å². The van der Waals surface area contributed by atoms with E-state index in [1.807, 2.05) is 31.4 Å². The Morgan fingerprint density at radius 2 is 1.47 bits per heavy atom. The normalized spacial score (nSPS) is 10.4. The lowest BCUT2D eigenvalue weighted by molar-refractivity contribution is -0.671. The Kier molecular flexibility index (Phi) is 7.72. The largest absolute Gasteiger partial charge is 0.368 e. The Morgan fingerprint density at radius 1 is 0.833 bits per heavy atom. The van der Waals surface area contributed by atoms with E-state index in [0.29, 0.717) is 5.56 Å². The summed E-state index contributed by atoms with van der Waals surface area (Å²) in [5.74, 6) is -0.954. The molecule has 1 amide bonds. The van der Waals surface area contributed by atoms with Gasteiger partial charge in [-0.3, -0.25) is 4.79 Å². The van der Waals surface area contributed by atoms with E-state index in [9.17, 15) is 9.59 Å². The Balaban J connectivity index is 1.38. The summed E-state index contributed by atoms with van der Waals surface area (Å²) in [4.78, 5) is 28.9. The van der Waals surface area contributed by atoms with Gasteiger partial charge in [0.2, 0.25) is 0 Å². The van der Waals surface area contributed by atoms with Crippen molar-refractivity contribution in [2.75, 3.05) is 0 Å². The standard InChI is InChI=1S/C25H26N2O3/c1-27-17-7-12-23(19-27)25(29)30-26-24(28)18-22-15-13-21(14-16-22)11-6-5-10-20-8-3-2-4-9-20/h2-4,7-9,12-17,19H,5-6,10-11,18H2,1H3/p+1. The molecule has 0 atom stereocenters. The number of hydrogen-bond acceptors (Lipinski definition) is 3. The van der Waals surface area contributed by atoms with Crippen LogP contribution in [0.1, 0.15) is 39.9 Å². The molecule has 0 aliphatic heterocycles. The monoisotopic (exact) mass is 403 g/mol. The molecule has 0 saturated carbocycles. The highest BCUT2D eigenvalue weighted by Gasteiger charge is 2.13. The Labute approximate surface area is 177 Å². The van der Waals surface area contributed by atoms with Gasteiger partial charge in [-0.25, -0.2) is 9.36 Å². The molecule has 5 heteroatoms. The zero-order valence-electron chi connectivity index (χ0n) is 17.2. The zero-order chi connectivity index (χ0) is 21.2. The van der Waals surface area contributed by atoms with Gasteiger partial charge in [-0.1, -0.05) is 54.6 Å². The summed E-state index contributed by atoms with van der Waals surface area (Å²) in [7, 11) is 1.81. The number of aryl methyl sites for hydroxylation is 3. The molecule has 154 valence electrons. The molecule has 0 radical (unpaired) electrons. The van der Waals surface area contributed by atoms with E-state index in [-0.39, 0.29) is 12.3 Å². The van der Waals surface area contributed by atoms with Gasteiger partial charge in [0.05, 0.1) is 6.42 Å². The van der Waals surface area contributed by atoms with Gasteiger partial charge in [-0.05, 0) is 48.4 Å². The average Bonchev–Trinajstić information content (AvgIpc) is 2.77. The number of pyridine rings is 1. The number of rotatable bonds is 8. The molecule has 0 bridgehead atoms. The third-order valence-electron chi connectivity index (χ3n) is 4.84. The van der Waals surface area contributed by atoms with Crippen molar-refractivity contribution in [3.05, 3.63) is 101 Å². The molecule has 5 nitrogen and oxygen atoms in total. The van der Waals surface area contributed by atoms with Crippen LogP contribution in [-0.2, 0) is 35.9 Å². The number of carbonyl (C=O) groups is 2. The second kappa shape index (κ2) is 10.9. The summed E-state index contributed by atoms with van der Waals surface area (Å²) in [6.07, 6.45) is 7.99. The zero-order valence-corrected chi connectivity index (χ0v) is 17.2. The molecule has 0 saturated heterocycles. The predicted molar refractivity (Wildman–Crippen MR) is 114 cm³/mol. The maximum atomic E-state index is 12.1. The van der Waals surface area contributed by atoms with E-state index in [1.165, 1.54) is 11.1 Å². The van der Waals surface area contributed by atoms with Gasteiger partial charge in [-0.15, -0.1) is 0 Å². The first-order valence-corrected chi connectivity index (χ1v) is 10.2. The van der Waals surface area contributed by atoms with Gasteiger partial charge in [0.15, 0.2) is 12.4 Å². The summed E-state index contributed by atoms with van der Waals surface area (Å²) in [5, 5.41) is 0. The van der Waals surface area contributed by atoms with Crippen molar-refractivity contribution >= 4 is 11.9 Å². The number of benzene rings is 2. The summed E-state index contributed by atoms with van der Waals surface area (Å²) in [5.41, 5.74) is 6.11. The lowest BCUT2D eigenvalue weighted by Gasteiger charge is -2.07. The van der Waals surface area contributed by atoms with Crippen LogP contribution in [0.5, 0.6) is 0 Å². The summed E-state index contributed by atoms with van der Waals surface area (Å²) in [6.45, 7) is 0. The van der Waals surface area contributed by atoms with Crippen molar-refractivity contribution in [1.29, 1.82) is 0 Å². The van der Waals surface area contributed by atoms with Crippen molar-refractivity contribution in [2.45, 2.75) is 32.1 Å². The van der Waals surface area contributed by atoms with Crippen molar-refractivity contribution in [3.8, 4) is 0 Å². The highest BCUT2D eigenvalue weighted by molar-refractivity contribution is 5.90.